The lowest BCUT2D eigenvalue weighted by Crippen LogP contribution is -2.63. The highest BCUT2D eigenvalue weighted by molar-refractivity contribution is 6.05. The topological polar surface area (TPSA) is 76.0 Å². The molecule has 0 aliphatic carbocycles. The van der Waals surface area contributed by atoms with E-state index in [1.54, 1.807) is 43.3 Å². The van der Waals surface area contributed by atoms with E-state index in [0.717, 1.165) is 15.7 Å². The molecule has 1 aliphatic heterocycles. The van der Waals surface area contributed by atoms with E-state index in [2.05, 4.69) is 10.3 Å². The maximum absolute atomic E-state index is 14.3. The number of hydrogen-bond donors (Lipinski definition) is 2. The molecular formula is C20H17F3N4O2. The molecule has 2 N–H and O–H groups in total. The molecule has 0 spiro atoms. The van der Waals surface area contributed by atoms with Crippen LogP contribution in [0.2, 0.25) is 0 Å². The normalized spacial score (nSPS) is 18.6. The summed E-state index contributed by atoms with van der Waals surface area (Å²) in [5, 5.41) is 4.12. The van der Waals surface area contributed by atoms with Crippen LogP contribution in [0.4, 0.5) is 19.1 Å². The number of rotatable bonds is 3. The van der Waals surface area contributed by atoms with Gasteiger partial charge in [-0.2, -0.15) is 13.2 Å². The van der Waals surface area contributed by atoms with Crippen LogP contribution in [0.3, 0.4) is 0 Å². The number of alkyl halides is 3. The number of aryl methyl sites for hydroxylation is 2. The number of hydrogen-bond acceptors (Lipinski definition) is 3. The highest BCUT2D eigenvalue weighted by Gasteiger charge is 2.67. The first-order chi connectivity index (χ1) is 13.6. The molecule has 1 unspecified atom stereocenters. The van der Waals surface area contributed by atoms with E-state index in [9.17, 15) is 22.8 Å². The Morgan fingerprint density at radius 3 is 2.48 bits per heavy atom. The number of imidazole rings is 1. The Kier molecular flexibility index (Phi) is 4.14. The minimum atomic E-state index is -5.10. The number of fused-ring (bicyclic) bond motifs is 3. The molecule has 9 heteroatoms. The summed E-state index contributed by atoms with van der Waals surface area (Å²) in [4.78, 5) is 29.2. The van der Waals surface area contributed by atoms with Crippen molar-refractivity contribution in [2.75, 3.05) is 5.32 Å². The quantitative estimate of drug-likeness (QED) is 0.707. The minimum Gasteiger partial charge on any atom is -0.317 e. The fourth-order valence-corrected chi connectivity index (χ4v) is 3.52. The van der Waals surface area contributed by atoms with Gasteiger partial charge in [-0.05, 0) is 42.7 Å². The average Bonchev–Trinajstić information content (AvgIpc) is 3.10. The zero-order chi connectivity index (χ0) is 21.0. The zero-order valence-corrected chi connectivity index (χ0v) is 15.6. The van der Waals surface area contributed by atoms with Crippen molar-refractivity contribution in [3.63, 3.8) is 0 Å². The zero-order valence-electron chi connectivity index (χ0n) is 15.6. The van der Waals surface area contributed by atoms with Crippen LogP contribution in [0.25, 0.3) is 11.0 Å². The number of carbonyl (C=O) groups excluding carboxylic acids is 2. The van der Waals surface area contributed by atoms with E-state index in [0.29, 0.717) is 11.1 Å². The number of nitrogens with one attached hydrogen (secondary N) is 2. The Balaban J connectivity index is 1.85. The molecule has 1 aromatic heterocycles. The summed E-state index contributed by atoms with van der Waals surface area (Å²) in [6, 6.07) is 11.5. The smallest absolute Gasteiger partial charge is 0.317 e. The summed E-state index contributed by atoms with van der Waals surface area (Å²) in [5.41, 5.74) is -0.738. The van der Waals surface area contributed by atoms with Gasteiger partial charge >= 0.3 is 6.18 Å². The largest absolute Gasteiger partial charge is 0.440 e. The van der Waals surface area contributed by atoms with Gasteiger partial charge in [0.2, 0.25) is 11.9 Å². The second kappa shape index (κ2) is 6.33. The molecule has 29 heavy (non-hydrogen) atoms. The Labute approximate surface area is 163 Å². The van der Waals surface area contributed by atoms with Crippen LogP contribution in [0.1, 0.15) is 16.7 Å². The molecule has 2 heterocycles. The maximum Gasteiger partial charge on any atom is 0.440 e. The summed E-state index contributed by atoms with van der Waals surface area (Å²) in [6.45, 7) is 3.57. The van der Waals surface area contributed by atoms with Crippen LogP contribution in [0.5, 0.6) is 0 Å². The van der Waals surface area contributed by atoms with E-state index in [4.69, 9.17) is 0 Å². The van der Waals surface area contributed by atoms with Crippen molar-refractivity contribution < 1.29 is 22.8 Å². The van der Waals surface area contributed by atoms with Crippen LogP contribution in [-0.2, 0) is 21.7 Å². The summed E-state index contributed by atoms with van der Waals surface area (Å²) >= 11 is 0. The van der Waals surface area contributed by atoms with Crippen molar-refractivity contribution in [2.45, 2.75) is 32.1 Å². The van der Waals surface area contributed by atoms with E-state index in [1.807, 2.05) is 12.2 Å². The van der Waals surface area contributed by atoms with Gasteiger partial charge in [-0.1, -0.05) is 30.3 Å². The second-order valence-corrected chi connectivity index (χ2v) is 7.07. The minimum absolute atomic E-state index is 0.110. The molecule has 150 valence electrons. The van der Waals surface area contributed by atoms with Gasteiger partial charge in [0.25, 0.3) is 11.6 Å². The molecule has 1 atom stereocenters. The van der Waals surface area contributed by atoms with E-state index in [1.165, 1.54) is 6.07 Å². The van der Waals surface area contributed by atoms with Crippen molar-refractivity contribution in [3.8, 4) is 0 Å². The Morgan fingerprint density at radius 2 is 1.83 bits per heavy atom. The van der Waals surface area contributed by atoms with Crippen molar-refractivity contribution in [2.24, 2.45) is 0 Å². The van der Waals surface area contributed by atoms with Crippen molar-refractivity contribution in [3.05, 3.63) is 59.2 Å². The second-order valence-electron chi connectivity index (χ2n) is 7.07. The third-order valence-electron chi connectivity index (χ3n) is 5.10. The van der Waals surface area contributed by atoms with E-state index in [-0.39, 0.29) is 17.9 Å². The predicted octanol–water partition coefficient (Wildman–Crippen LogP) is 3.18. The highest BCUT2D eigenvalue weighted by Crippen LogP contribution is 2.44. The lowest BCUT2D eigenvalue weighted by molar-refractivity contribution is -0.217. The van der Waals surface area contributed by atoms with Gasteiger partial charge in [-0.25, -0.2) is 4.98 Å². The highest BCUT2D eigenvalue weighted by atomic mass is 19.4. The summed E-state index contributed by atoms with van der Waals surface area (Å²) in [6.07, 6.45) is -5.40. The van der Waals surface area contributed by atoms with Gasteiger partial charge in [0.15, 0.2) is 0 Å². The van der Waals surface area contributed by atoms with Gasteiger partial charge in [-0.3, -0.25) is 19.5 Å². The molecule has 6 nitrogen and oxygen atoms in total. The van der Waals surface area contributed by atoms with Gasteiger partial charge in [0.05, 0.1) is 17.5 Å². The van der Waals surface area contributed by atoms with Gasteiger partial charge in [0, 0.05) is 0 Å². The van der Waals surface area contributed by atoms with Gasteiger partial charge in [-0.15, -0.1) is 0 Å². The molecule has 0 bridgehead atoms. The van der Waals surface area contributed by atoms with Gasteiger partial charge in [0.1, 0.15) is 0 Å². The molecule has 3 aromatic rings. The predicted molar refractivity (Wildman–Crippen MR) is 100 cm³/mol. The molecule has 0 saturated heterocycles. The number of halogens is 3. The van der Waals surface area contributed by atoms with Crippen LogP contribution >= 0.6 is 0 Å². The standard InChI is InChI=1S/C20H17F3N4O2/c1-11-8-14-15(9-12(11)2)27-18(24-14)25-17(29)19(27,20(21,22)23)26-16(28)10-13-6-4-3-5-7-13/h3-9H,10H2,1-2H3,(H,26,28)(H,24,25,29). The first-order valence-corrected chi connectivity index (χ1v) is 8.87. The molecule has 2 aromatic carbocycles. The van der Waals surface area contributed by atoms with Crippen molar-refractivity contribution >= 4 is 28.8 Å². The number of anilines is 1. The SMILES string of the molecule is Cc1cc2nc3n(c2cc1C)C(NC(=O)Cc1ccccc1)(C(F)(F)F)C(=O)N3. The van der Waals surface area contributed by atoms with Crippen LogP contribution in [0, 0.1) is 13.8 Å². The van der Waals surface area contributed by atoms with Crippen LogP contribution in [0.15, 0.2) is 42.5 Å². The molecular weight excluding hydrogens is 385 g/mol. The number of carbonyl (C=O) groups is 2. The van der Waals surface area contributed by atoms with Crippen molar-refractivity contribution in [1.29, 1.82) is 0 Å². The first kappa shape index (κ1) is 19.0. The summed E-state index contributed by atoms with van der Waals surface area (Å²) in [7, 11) is 0. The number of benzene rings is 2. The number of nitrogens with zero attached hydrogens (tertiary/aromatic N) is 2. The summed E-state index contributed by atoms with van der Waals surface area (Å²) < 4.78 is 43.7. The lowest BCUT2D eigenvalue weighted by Gasteiger charge is -2.32. The third-order valence-corrected chi connectivity index (χ3v) is 5.10. The van der Waals surface area contributed by atoms with Crippen LogP contribution in [-0.4, -0.2) is 27.5 Å². The Hall–Kier alpha value is -3.36. The Bertz CT molecular complexity index is 1140. The Morgan fingerprint density at radius 1 is 1.17 bits per heavy atom. The molecule has 0 radical (unpaired) electrons. The average molecular weight is 402 g/mol. The van der Waals surface area contributed by atoms with E-state index < -0.39 is 23.7 Å². The maximum atomic E-state index is 14.3. The van der Waals surface area contributed by atoms with E-state index >= 15 is 0 Å². The number of amides is 2. The molecule has 2 amide bonds. The third kappa shape index (κ3) is 2.84. The van der Waals surface area contributed by atoms with Crippen molar-refractivity contribution in [1.82, 2.24) is 14.9 Å². The molecule has 0 saturated carbocycles. The summed E-state index contributed by atoms with van der Waals surface area (Å²) in [5.74, 6) is -2.58. The fourth-order valence-electron chi connectivity index (χ4n) is 3.52. The van der Waals surface area contributed by atoms with Crippen LogP contribution < -0.4 is 10.6 Å². The molecule has 1 aliphatic rings. The monoisotopic (exact) mass is 402 g/mol. The van der Waals surface area contributed by atoms with Gasteiger partial charge < -0.3 is 5.32 Å². The number of aromatic nitrogens is 2. The fraction of sp³-hybridized carbons (Fsp3) is 0.250. The molecule has 4 rings (SSSR count). The lowest BCUT2D eigenvalue weighted by atomic mass is 10.1. The molecule has 0 fully saturated rings. The first-order valence-electron chi connectivity index (χ1n) is 8.87.